The molecule has 2 rings (SSSR count). The molecule has 0 aliphatic rings. The summed E-state index contributed by atoms with van der Waals surface area (Å²) in [4.78, 5) is 2.14. The van der Waals surface area contributed by atoms with E-state index < -0.39 is 6.10 Å². The average molecular weight is 298 g/mol. The summed E-state index contributed by atoms with van der Waals surface area (Å²) in [5.74, 6) is 0. The lowest BCUT2D eigenvalue weighted by molar-refractivity contribution is 0.102. The van der Waals surface area contributed by atoms with Crippen molar-refractivity contribution in [1.29, 1.82) is 0 Å². The molecule has 22 heavy (non-hydrogen) atoms. The molecule has 0 amide bonds. The Hall–Kier alpha value is -1.68. The Bertz CT molecular complexity index is 530. The number of nitrogens with two attached hydrogens (primary N) is 1. The van der Waals surface area contributed by atoms with Gasteiger partial charge >= 0.3 is 0 Å². The van der Waals surface area contributed by atoms with Gasteiger partial charge in [0.15, 0.2) is 0 Å². The van der Waals surface area contributed by atoms with Gasteiger partial charge in [0.05, 0.1) is 6.10 Å². The van der Waals surface area contributed by atoms with E-state index in [0.29, 0.717) is 13.0 Å². The molecule has 2 atom stereocenters. The number of aliphatic hydroxyl groups is 1. The first-order valence-corrected chi connectivity index (χ1v) is 7.85. The van der Waals surface area contributed by atoms with Crippen LogP contribution in [0.3, 0.4) is 0 Å². The van der Waals surface area contributed by atoms with Gasteiger partial charge in [-0.15, -0.1) is 0 Å². The molecule has 0 bridgehead atoms. The van der Waals surface area contributed by atoms with Crippen LogP contribution in [0.5, 0.6) is 0 Å². The third-order valence-electron chi connectivity index (χ3n) is 3.93. The van der Waals surface area contributed by atoms with Crippen molar-refractivity contribution in [2.24, 2.45) is 5.73 Å². The topological polar surface area (TPSA) is 49.5 Å². The Labute approximate surface area is 133 Å². The van der Waals surface area contributed by atoms with Gasteiger partial charge in [0.25, 0.3) is 0 Å². The van der Waals surface area contributed by atoms with Gasteiger partial charge in [-0.05, 0) is 31.0 Å². The summed E-state index contributed by atoms with van der Waals surface area (Å²) in [5.41, 5.74) is 8.61. The molecule has 0 heterocycles. The molecule has 2 aromatic carbocycles. The molecule has 118 valence electrons. The summed E-state index contributed by atoms with van der Waals surface area (Å²) < 4.78 is 0. The van der Waals surface area contributed by atoms with E-state index in [-0.39, 0.29) is 6.04 Å². The first kappa shape index (κ1) is 16.7. The minimum absolute atomic E-state index is 0.235. The van der Waals surface area contributed by atoms with Gasteiger partial charge < -0.3 is 15.7 Å². The maximum absolute atomic E-state index is 10.3. The Morgan fingerprint density at radius 2 is 1.50 bits per heavy atom. The molecule has 0 spiro atoms. The third-order valence-corrected chi connectivity index (χ3v) is 3.93. The molecule has 3 N–H and O–H groups in total. The van der Waals surface area contributed by atoms with Gasteiger partial charge in [-0.1, -0.05) is 60.7 Å². The molecular weight excluding hydrogens is 272 g/mol. The van der Waals surface area contributed by atoms with Crippen LogP contribution < -0.4 is 5.73 Å². The predicted molar refractivity (Wildman–Crippen MR) is 91.8 cm³/mol. The second-order valence-electron chi connectivity index (χ2n) is 5.92. The number of benzene rings is 2. The lowest BCUT2D eigenvalue weighted by Gasteiger charge is -2.25. The molecule has 0 aromatic heterocycles. The molecule has 3 nitrogen and oxygen atoms in total. The van der Waals surface area contributed by atoms with E-state index in [4.69, 9.17) is 5.73 Å². The highest BCUT2D eigenvalue weighted by Gasteiger charge is 2.17. The maximum atomic E-state index is 10.3. The molecule has 3 heteroatoms. The first-order chi connectivity index (χ1) is 10.6. The fourth-order valence-corrected chi connectivity index (χ4v) is 2.53. The Kier molecular flexibility index (Phi) is 6.59. The lowest BCUT2D eigenvalue weighted by atomic mass is 10.0. The van der Waals surface area contributed by atoms with Gasteiger partial charge in [0, 0.05) is 19.1 Å². The quantitative estimate of drug-likeness (QED) is 0.784. The molecule has 0 fully saturated rings. The zero-order chi connectivity index (χ0) is 15.8. The number of aliphatic hydroxyl groups excluding tert-OH is 1. The summed E-state index contributed by atoms with van der Waals surface area (Å²) >= 11 is 0. The van der Waals surface area contributed by atoms with Crippen LogP contribution in [0, 0.1) is 0 Å². The highest BCUT2D eigenvalue weighted by atomic mass is 16.3. The Morgan fingerprint density at radius 3 is 2.09 bits per heavy atom. The summed E-state index contributed by atoms with van der Waals surface area (Å²) in [5, 5.41) is 10.3. The summed E-state index contributed by atoms with van der Waals surface area (Å²) in [6, 6.07) is 20.2. The normalized spacial score (nSPS) is 14.0. The number of hydrogen-bond acceptors (Lipinski definition) is 3. The zero-order valence-electron chi connectivity index (χ0n) is 13.2. The van der Waals surface area contributed by atoms with Crippen molar-refractivity contribution in [1.82, 2.24) is 4.90 Å². The molecule has 0 saturated heterocycles. The zero-order valence-corrected chi connectivity index (χ0v) is 13.2. The van der Waals surface area contributed by atoms with Crippen molar-refractivity contribution in [3.8, 4) is 0 Å². The molecule has 0 aliphatic carbocycles. The average Bonchev–Trinajstić information content (AvgIpc) is 2.55. The third kappa shape index (κ3) is 5.60. The molecule has 0 unspecified atom stereocenters. The van der Waals surface area contributed by atoms with E-state index in [1.807, 2.05) is 43.4 Å². The Balaban J connectivity index is 1.74. The van der Waals surface area contributed by atoms with Crippen LogP contribution in [0.1, 0.15) is 11.1 Å². The van der Waals surface area contributed by atoms with Crippen molar-refractivity contribution >= 4 is 0 Å². The number of hydrogen-bond donors (Lipinski definition) is 2. The smallest absolute Gasteiger partial charge is 0.0820 e. The second kappa shape index (κ2) is 8.69. The molecule has 0 aliphatic heterocycles. The van der Waals surface area contributed by atoms with Crippen LogP contribution >= 0.6 is 0 Å². The number of nitrogens with zero attached hydrogens (tertiary/aromatic N) is 1. The van der Waals surface area contributed by atoms with Crippen molar-refractivity contribution in [2.75, 3.05) is 20.1 Å². The summed E-state index contributed by atoms with van der Waals surface area (Å²) in [7, 11) is 2.03. The van der Waals surface area contributed by atoms with Gasteiger partial charge in [0.2, 0.25) is 0 Å². The molecule has 0 radical (unpaired) electrons. The summed E-state index contributed by atoms with van der Waals surface area (Å²) in [6.07, 6.45) is 1.17. The van der Waals surface area contributed by atoms with Crippen LogP contribution in [0.2, 0.25) is 0 Å². The molecule has 2 aromatic rings. The van der Waals surface area contributed by atoms with Crippen molar-refractivity contribution < 1.29 is 5.11 Å². The number of likely N-dealkylation sites (N-methyl/N-ethyl adjacent to an activating group) is 1. The maximum Gasteiger partial charge on any atom is 0.0820 e. The predicted octanol–water partition coefficient (Wildman–Crippen LogP) is 2.09. The van der Waals surface area contributed by atoms with Crippen LogP contribution in [0.15, 0.2) is 60.7 Å². The highest BCUT2D eigenvalue weighted by molar-refractivity contribution is 5.16. The van der Waals surface area contributed by atoms with Gasteiger partial charge in [-0.3, -0.25) is 0 Å². The van der Waals surface area contributed by atoms with Crippen LogP contribution in [0.4, 0.5) is 0 Å². The van der Waals surface area contributed by atoms with E-state index in [9.17, 15) is 5.11 Å². The van der Waals surface area contributed by atoms with Crippen molar-refractivity contribution in [2.45, 2.75) is 25.0 Å². The minimum atomic E-state index is -0.513. The highest BCUT2D eigenvalue weighted by Crippen LogP contribution is 2.06. The van der Waals surface area contributed by atoms with E-state index >= 15 is 0 Å². The second-order valence-corrected chi connectivity index (χ2v) is 5.92. The van der Waals surface area contributed by atoms with E-state index in [2.05, 4.69) is 29.2 Å². The van der Waals surface area contributed by atoms with E-state index in [1.165, 1.54) is 11.1 Å². The van der Waals surface area contributed by atoms with Crippen molar-refractivity contribution in [3.05, 3.63) is 71.8 Å². The molecular formula is C19H26N2O. The van der Waals surface area contributed by atoms with Crippen LogP contribution in [-0.2, 0) is 12.8 Å². The Morgan fingerprint density at radius 1 is 0.955 bits per heavy atom. The SMILES string of the molecule is CN(CCc1ccccc1)C[C@H](O)[C@H](N)Cc1ccccc1. The fraction of sp³-hybridized carbons (Fsp3) is 0.368. The van der Waals surface area contributed by atoms with Crippen LogP contribution in [-0.4, -0.2) is 42.3 Å². The standard InChI is InChI=1S/C19H26N2O/c1-21(13-12-16-8-4-2-5-9-16)15-19(22)18(20)14-17-10-6-3-7-11-17/h2-11,18-19,22H,12-15,20H2,1H3/t18-,19+/m1/s1. The van der Waals surface area contributed by atoms with Gasteiger partial charge in [-0.2, -0.15) is 0 Å². The first-order valence-electron chi connectivity index (χ1n) is 7.85. The van der Waals surface area contributed by atoms with Gasteiger partial charge in [0.1, 0.15) is 0 Å². The minimum Gasteiger partial charge on any atom is -0.390 e. The monoisotopic (exact) mass is 298 g/mol. The van der Waals surface area contributed by atoms with E-state index in [1.54, 1.807) is 0 Å². The van der Waals surface area contributed by atoms with Crippen LogP contribution in [0.25, 0.3) is 0 Å². The van der Waals surface area contributed by atoms with Gasteiger partial charge in [-0.25, -0.2) is 0 Å². The number of rotatable bonds is 8. The van der Waals surface area contributed by atoms with Crippen molar-refractivity contribution in [3.63, 3.8) is 0 Å². The molecule has 0 saturated carbocycles. The fourth-order valence-electron chi connectivity index (χ4n) is 2.53. The summed E-state index contributed by atoms with van der Waals surface area (Å²) in [6.45, 7) is 1.51. The lowest BCUT2D eigenvalue weighted by Crippen LogP contribution is -2.44. The largest absolute Gasteiger partial charge is 0.390 e. The van der Waals surface area contributed by atoms with E-state index in [0.717, 1.165) is 13.0 Å².